The maximum atomic E-state index is 11.4. The van der Waals surface area contributed by atoms with Gasteiger partial charge in [-0.2, -0.15) is 0 Å². The van der Waals surface area contributed by atoms with E-state index in [1.807, 2.05) is 44.2 Å². The molecule has 0 aromatic heterocycles. The van der Waals surface area contributed by atoms with E-state index >= 15 is 0 Å². The lowest BCUT2D eigenvalue weighted by molar-refractivity contribution is -0.131. The zero-order valence-corrected chi connectivity index (χ0v) is 9.10. The van der Waals surface area contributed by atoms with E-state index in [4.69, 9.17) is 0 Å². The van der Waals surface area contributed by atoms with Gasteiger partial charge in [-0.15, -0.1) is 11.8 Å². The molecule has 0 saturated carbocycles. The van der Waals surface area contributed by atoms with Gasteiger partial charge in [0.05, 0.1) is 0 Å². The second-order valence-electron chi connectivity index (χ2n) is 3.72. The van der Waals surface area contributed by atoms with Crippen LogP contribution in [0.2, 0.25) is 0 Å². The number of benzene rings is 1. The molecular weight excluding hydrogens is 194 g/mol. The van der Waals surface area contributed by atoms with Gasteiger partial charge in [-0.25, -0.2) is 0 Å². The first kappa shape index (κ1) is 9.59. The van der Waals surface area contributed by atoms with Crippen LogP contribution in [0.25, 0.3) is 0 Å². The van der Waals surface area contributed by atoms with Gasteiger partial charge in [-0.05, 0) is 26.0 Å². The van der Waals surface area contributed by atoms with Crippen LogP contribution in [0.3, 0.4) is 0 Å². The Morgan fingerprint density at radius 1 is 1.36 bits per heavy atom. The van der Waals surface area contributed by atoms with Crippen LogP contribution in [-0.2, 0) is 4.79 Å². The molecule has 1 amide bonds. The number of carbonyl (C=O) groups is 1. The molecule has 1 aromatic rings. The summed E-state index contributed by atoms with van der Waals surface area (Å²) in [6, 6.07) is 10.3. The number of hydrogen-bond acceptors (Lipinski definition) is 2. The van der Waals surface area contributed by atoms with Crippen LogP contribution in [0.15, 0.2) is 35.2 Å². The molecule has 1 fully saturated rings. The molecule has 1 N–H and O–H groups in total. The number of hydrogen-bond donors (Lipinski definition) is 1. The van der Waals surface area contributed by atoms with Gasteiger partial charge in [0.25, 0.3) is 0 Å². The van der Waals surface area contributed by atoms with E-state index in [0.29, 0.717) is 0 Å². The smallest absolute Gasteiger partial charge is 0.238 e. The molecule has 0 spiro atoms. The Kier molecular flexibility index (Phi) is 2.27. The molecule has 2 unspecified atom stereocenters. The van der Waals surface area contributed by atoms with E-state index in [1.165, 1.54) is 0 Å². The van der Waals surface area contributed by atoms with E-state index in [2.05, 4.69) is 5.32 Å². The molecule has 3 heteroatoms. The fourth-order valence-electron chi connectivity index (χ4n) is 1.46. The standard InChI is InChI=1S/C11H13NOS/c1-8-11(2,10(13)12-8)14-9-6-4-3-5-7-9/h3-8H,1-2H3,(H,12,13). The summed E-state index contributed by atoms with van der Waals surface area (Å²) in [7, 11) is 0. The lowest BCUT2D eigenvalue weighted by atomic mass is 9.93. The molecule has 1 heterocycles. The third kappa shape index (κ3) is 1.42. The summed E-state index contributed by atoms with van der Waals surface area (Å²) in [5, 5.41) is 2.86. The van der Waals surface area contributed by atoms with Crippen molar-refractivity contribution < 1.29 is 4.79 Å². The lowest BCUT2D eigenvalue weighted by Gasteiger charge is -2.43. The zero-order chi connectivity index (χ0) is 10.2. The average molecular weight is 207 g/mol. The van der Waals surface area contributed by atoms with Crippen molar-refractivity contribution in [3.05, 3.63) is 30.3 Å². The molecule has 0 aliphatic carbocycles. The largest absolute Gasteiger partial charge is 0.350 e. The summed E-state index contributed by atoms with van der Waals surface area (Å²) < 4.78 is -0.290. The molecule has 0 bridgehead atoms. The predicted molar refractivity (Wildman–Crippen MR) is 58.3 cm³/mol. The fourth-order valence-corrected chi connectivity index (χ4v) is 2.63. The van der Waals surface area contributed by atoms with Crippen molar-refractivity contribution in [2.75, 3.05) is 0 Å². The number of nitrogens with one attached hydrogen (secondary N) is 1. The van der Waals surface area contributed by atoms with Crippen LogP contribution in [-0.4, -0.2) is 16.7 Å². The SMILES string of the molecule is CC1NC(=O)C1(C)Sc1ccccc1. The third-order valence-corrected chi connectivity index (χ3v) is 4.17. The highest BCUT2D eigenvalue weighted by atomic mass is 32.2. The Labute approximate surface area is 88.1 Å². The van der Waals surface area contributed by atoms with Gasteiger partial charge in [0.2, 0.25) is 5.91 Å². The zero-order valence-electron chi connectivity index (χ0n) is 8.28. The molecule has 2 rings (SSSR count). The van der Waals surface area contributed by atoms with Crippen LogP contribution in [0.1, 0.15) is 13.8 Å². The summed E-state index contributed by atoms with van der Waals surface area (Å²) in [4.78, 5) is 12.6. The van der Waals surface area contributed by atoms with Gasteiger partial charge >= 0.3 is 0 Å². The number of rotatable bonds is 2. The lowest BCUT2D eigenvalue weighted by Crippen LogP contribution is -2.67. The Bertz CT molecular complexity index is 352. The number of amides is 1. The summed E-state index contributed by atoms with van der Waals surface area (Å²) in [6.45, 7) is 4.03. The van der Waals surface area contributed by atoms with Gasteiger partial charge in [-0.1, -0.05) is 18.2 Å². The molecular formula is C11H13NOS. The molecule has 0 radical (unpaired) electrons. The normalized spacial score (nSPS) is 30.7. The van der Waals surface area contributed by atoms with Crippen LogP contribution in [0.5, 0.6) is 0 Å². The topological polar surface area (TPSA) is 29.1 Å². The van der Waals surface area contributed by atoms with E-state index in [0.717, 1.165) is 4.90 Å². The van der Waals surface area contributed by atoms with Crippen molar-refractivity contribution in [1.82, 2.24) is 5.32 Å². The number of carbonyl (C=O) groups excluding carboxylic acids is 1. The van der Waals surface area contributed by atoms with E-state index < -0.39 is 0 Å². The molecule has 2 atom stereocenters. The van der Waals surface area contributed by atoms with E-state index in [1.54, 1.807) is 11.8 Å². The van der Waals surface area contributed by atoms with Crippen molar-refractivity contribution in [2.45, 2.75) is 29.5 Å². The van der Waals surface area contributed by atoms with Gasteiger partial charge < -0.3 is 5.32 Å². The Hall–Kier alpha value is -0.960. The second kappa shape index (κ2) is 3.31. The molecule has 1 aromatic carbocycles. The van der Waals surface area contributed by atoms with Crippen molar-refractivity contribution >= 4 is 17.7 Å². The molecule has 74 valence electrons. The quantitative estimate of drug-likeness (QED) is 0.752. The minimum absolute atomic E-state index is 0.138. The highest BCUT2D eigenvalue weighted by molar-refractivity contribution is 8.01. The summed E-state index contributed by atoms with van der Waals surface area (Å²) in [5.41, 5.74) is 0. The molecule has 1 saturated heterocycles. The van der Waals surface area contributed by atoms with Crippen molar-refractivity contribution in [3.63, 3.8) is 0 Å². The van der Waals surface area contributed by atoms with Crippen molar-refractivity contribution in [2.24, 2.45) is 0 Å². The van der Waals surface area contributed by atoms with E-state index in [9.17, 15) is 4.79 Å². The second-order valence-corrected chi connectivity index (χ2v) is 5.24. The molecule has 1 aliphatic rings. The molecule has 14 heavy (non-hydrogen) atoms. The highest BCUT2D eigenvalue weighted by Gasteiger charge is 2.49. The van der Waals surface area contributed by atoms with Gasteiger partial charge in [0, 0.05) is 10.9 Å². The van der Waals surface area contributed by atoms with Crippen LogP contribution < -0.4 is 5.32 Å². The minimum Gasteiger partial charge on any atom is -0.350 e. The monoisotopic (exact) mass is 207 g/mol. The van der Waals surface area contributed by atoms with Crippen LogP contribution >= 0.6 is 11.8 Å². The van der Waals surface area contributed by atoms with Gasteiger partial charge in [0.1, 0.15) is 4.75 Å². The minimum atomic E-state index is -0.290. The Morgan fingerprint density at radius 3 is 2.50 bits per heavy atom. The first-order valence-corrected chi connectivity index (χ1v) is 5.49. The number of thioether (sulfide) groups is 1. The predicted octanol–water partition coefficient (Wildman–Crippen LogP) is 2.06. The first-order chi connectivity index (χ1) is 6.63. The molecule has 2 nitrogen and oxygen atoms in total. The number of β-lactam (4-membered cyclic amide) rings is 1. The Balaban J connectivity index is 2.15. The van der Waals surface area contributed by atoms with Crippen LogP contribution in [0, 0.1) is 0 Å². The summed E-state index contributed by atoms with van der Waals surface area (Å²) in [6.07, 6.45) is 0. The van der Waals surface area contributed by atoms with Gasteiger partial charge in [0.15, 0.2) is 0 Å². The fraction of sp³-hybridized carbons (Fsp3) is 0.364. The maximum absolute atomic E-state index is 11.4. The van der Waals surface area contributed by atoms with E-state index in [-0.39, 0.29) is 16.7 Å². The third-order valence-electron chi connectivity index (χ3n) is 2.70. The Morgan fingerprint density at radius 2 is 2.00 bits per heavy atom. The summed E-state index contributed by atoms with van der Waals surface area (Å²) in [5.74, 6) is 0.138. The highest BCUT2D eigenvalue weighted by Crippen LogP contribution is 2.40. The first-order valence-electron chi connectivity index (χ1n) is 4.68. The van der Waals surface area contributed by atoms with Crippen molar-refractivity contribution in [1.29, 1.82) is 0 Å². The van der Waals surface area contributed by atoms with Crippen molar-refractivity contribution in [3.8, 4) is 0 Å². The average Bonchev–Trinajstić information content (AvgIpc) is 2.20. The van der Waals surface area contributed by atoms with Gasteiger partial charge in [-0.3, -0.25) is 4.79 Å². The summed E-state index contributed by atoms with van der Waals surface area (Å²) >= 11 is 1.64. The van der Waals surface area contributed by atoms with Crippen LogP contribution in [0.4, 0.5) is 0 Å². The molecule has 1 aliphatic heterocycles. The maximum Gasteiger partial charge on any atom is 0.238 e.